The zero-order valence-corrected chi connectivity index (χ0v) is 10.0. The fraction of sp³-hybridized carbons (Fsp3) is 0.571. The van der Waals surface area contributed by atoms with E-state index in [0.717, 1.165) is 32.5 Å². The van der Waals surface area contributed by atoms with Crippen LogP contribution in [0.1, 0.15) is 24.0 Å². The molecule has 0 atom stereocenters. The van der Waals surface area contributed by atoms with Crippen molar-refractivity contribution in [3.8, 4) is 0 Å². The summed E-state index contributed by atoms with van der Waals surface area (Å²) in [7, 11) is 0. The van der Waals surface area contributed by atoms with Gasteiger partial charge >= 0.3 is 0 Å². The summed E-state index contributed by atoms with van der Waals surface area (Å²) in [6.45, 7) is 5.80. The molecule has 1 aromatic rings. The molecule has 2 nitrogen and oxygen atoms in total. The first kappa shape index (κ1) is 11.6. The van der Waals surface area contributed by atoms with Crippen LogP contribution in [0.5, 0.6) is 0 Å². The number of nitrogens with zero attached hydrogens (tertiary/aromatic N) is 1. The minimum absolute atomic E-state index is 0.359. The molecule has 0 aromatic heterocycles. The lowest BCUT2D eigenvalue weighted by Crippen LogP contribution is -2.34. The molecule has 0 aliphatic carbocycles. The van der Waals surface area contributed by atoms with Crippen molar-refractivity contribution >= 4 is 0 Å². The van der Waals surface area contributed by atoms with Crippen LogP contribution in [0.3, 0.4) is 0 Å². The SMILES string of the molecule is Cc1cccc(CN2CCC(CO)CC2)c1. The molecule has 1 aliphatic rings. The van der Waals surface area contributed by atoms with Crippen LogP contribution in [0.15, 0.2) is 24.3 Å². The monoisotopic (exact) mass is 219 g/mol. The topological polar surface area (TPSA) is 23.5 Å². The highest BCUT2D eigenvalue weighted by Crippen LogP contribution is 2.18. The molecule has 0 bridgehead atoms. The van der Waals surface area contributed by atoms with Crippen molar-refractivity contribution < 1.29 is 5.11 Å². The third kappa shape index (κ3) is 3.06. The lowest BCUT2D eigenvalue weighted by atomic mass is 9.97. The highest BCUT2D eigenvalue weighted by molar-refractivity contribution is 5.22. The predicted molar refractivity (Wildman–Crippen MR) is 66.3 cm³/mol. The first-order chi connectivity index (χ1) is 7.78. The summed E-state index contributed by atoms with van der Waals surface area (Å²) in [4.78, 5) is 2.49. The van der Waals surface area contributed by atoms with Gasteiger partial charge in [-0.2, -0.15) is 0 Å². The van der Waals surface area contributed by atoms with E-state index >= 15 is 0 Å². The third-order valence-corrected chi connectivity index (χ3v) is 3.45. The predicted octanol–water partition coefficient (Wildman–Crippen LogP) is 2.20. The Kier molecular flexibility index (Phi) is 3.97. The summed E-state index contributed by atoms with van der Waals surface area (Å²) in [5.74, 6) is 0.536. The van der Waals surface area contributed by atoms with Gasteiger partial charge in [0.05, 0.1) is 0 Å². The largest absolute Gasteiger partial charge is 0.396 e. The number of aliphatic hydroxyl groups excluding tert-OH is 1. The second-order valence-corrected chi connectivity index (χ2v) is 4.89. The normalized spacial score (nSPS) is 18.9. The van der Waals surface area contributed by atoms with Crippen LogP contribution in [-0.2, 0) is 6.54 Å². The highest BCUT2D eigenvalue weighted by atomic mass is 16.3. The van der Waals surface area contributed by atoms with Crippen molar-refractivity contribution in [1.29, 1.82) is 0 Å². The number of aliphatic hydroxyl groups is 1. The van der Waals surface area contributed by atoms with Gasteiger partial charge in [-0.05, 0) is 44.3 Å². The Labute approximate surface area is 97.9 Å². The average Bonchev–Trinajstić information content (AvgIpc) is 2.30. The molecular weight excluding hydrogens is 198 g/mol. The maximum absolute atomic E-state index is 9.08. The smallest absolute Gasteiger partial charge is 0.0460 e. The van der Waals surface area contributed by atoms with Gasteiger partial charge < -0.3 is 5.11 Å². The minimum atomic E-state index is 0.359. The van der Waals surface area contributed by atoms with Gasteiger partial charge in [-0.1, -0.05) is 29.8 Å². The summed E-state index contributed by atoms with van der Waals surface area (Å²) in [5, 5.41) is 9.08. The Morgan fingerprint density at radius 2 is 2.06 bits per heavy atom. The summed E-state index contributed by atoms with van der Waals surface area (Å²) < 4.78 is 0. The molecule has 88 valence electrons. The molecule has 1 aliphatic heterocycles. The van der Waals surface area contributed by atoms with Gasteiger partial charge in [0, 0.05) is 13.2 Å². The van der Waals surface area contributed by atoms with E-state index in [1.165, 1.54) is 11.1 Å². The van der Waals surface area contributed by atoms with Gasteiger partial charge in [-0.15, -0.1) is 0 Å². The van der Waals surface area contributed by atoms with E-state index in [4.69, 9.17) is 5.11 Å². The Bertz CT molecular complexity index is 329. The zero-order chi connectivity index (χ0) is 11.4. The lowest BCUT2D eigenvalue weighted by molar-refractivity contribution is 0.127. The van der Waals surface area contributed by atoms with Gasteiger partial charge in [0.25, 0.3) is 0 Å². The van der Waals surface area contributed by atoms with E-state index < -0.39 is 0 Å². The molecule has 0 radical (unpaired) electrons. The van der Waals surface area contributed by atoms with E-state index in [0.29, 0.717) is 12.5 Å². The molecule has 0 amide bonds. The summed E-state index contributed by atoms with van der Waals surface area (Å²) in [5.41, 5.74) is 2.74. The van der Waals surface area contributed by atoms with Crippen LogP contribution >= 0.6 is 0 Å². The van der Waals surface area contributed by atoms with Crippen LogP contribution in [0.25, 0.3) is 0 Å². The summed E-state index contributed by atoms with van der Waals surface area (Å²) >= 11 is 0. The van der Waals surface area contributed by atoms with Crippen molar-refractivity contribution in [1.82, 2.24) is 4.90 Å². The van der Waals surface area contributed by atoms with E-state index in [1.54, 1.807) is 0 Å². The second-order valence-electron chi connectivity index (χ2n) is 4.89. The molecule has 0 unspecified atom stereocenters. The third-order valence-electron chi connectivity index (χ3n) is 3.45. The Hall–Kier alpha value is -0.860. The van der Waals surface area contributed by atoms with Crippen molar-refractivity contribution in [3.63, 3.8) is 0 Å². The Morgan fingerprint density at radius 1 is 1.31 bits per heavy atom. The molecule has 0 saturated carbocycles. The van der Waals surface area contributed by atoms with E-state index in [1.807, 2.05) is 0 Å². The summed E-state index contributed by atoms with van der Waals surface area (Å²) in [6, 6.07) is 8.73. The molecule has 16 heavy (non-hydrogen) atoms. The van der Waals surface area contributed by atoms with Crippen LogP contribution in [0.2, 0.25) is 0 Å². The van der Waals surface area contributed by atoms with Crippen molar-refractivity contribution in [2.24, 2.45) is 5.92 Å². The van der Waals surface area contributed by atoms with Crippen LogP contribution in [0, 0.1) is 12.8 Å². The van der Waals surface area contributed by atoms with Gasteiger partial charge in [-0.25, -0.2) is 0 Å². The quantitative estimate of drug-likeness (QED) is 0.842. The van der Waals surface area contributed by atoms with Crippen molar-refractivity contribution in [2.75, 3.05) is 19.7 Å². The number of aryl methyl sites for hydroxylation is 1. The fourth-order valence-corrected chi connectivity index (χ4v) is 2.40. The van der Waals surface area contributed by atoms with E-state index in [-0.39, 0.29) is 0 Å². The molecule has 0 spiro atoms. The molecule has 1 heterocycles. The maximum atomic E-state index is 9.08. The summed E-state index contributed by atoms with van der Waals surface area (Å²) in [6.07, 6.45) is 2.28. The zero-order valence-electron chi connectivity index (χ0n) is 10.0. The Morgan fingerprint density at radius 3 is 2.69 bits per heavy atom. The van der Waals surface area contributed by atoms with Crippen molar-refractivity contribution in [2.45, 2.75) is 26.3 Å². The minimum Gasteiger partial charge on any atom is -0.396 e. The first-order valence-corrected chi connectivity index (χ1v) is 6.16. The molecule has 1 fully saturated rings. The molecule has 1 N–H and O–H groups in total. The van der Waals surface area contributed by atoms with E-state index in [2.05, 4.69) is 36.1 Å². The van der Waals surface area contributed by atoms with Crippen LogP contribution < -0.4 is 0 Å². The molecule has 1 aromatic carbocycles. The molecule has 2 rings (SSSR count). The fourth-order valence-electron chi connectivity index (χ4n) is 2.40. The lowest BCUT2D eigenvalue weighted by Gasteiger charge is -2.31. The number of likely N-dealkylation sites (tertiary alicyclic amines) is 1. The molecule has 1 saturated heterocycles. The van der Waals surface area contributed by atoms with Gasteiger partial charge in [-0.3, -0.25) is 4.90 Å². The van der Waals surface area contributed by atoms with Gasteiger partial charge in [0.2, 0.25) is 0 Å². The number of hydrogen-bond donors (Lipinski definition) is 1. The highest BCUT2D eigenvalue weighted by Gasteiger charge is 2.18. The van der Waals surface area contributed by atoms with Crippen molar-refractivity contribution in [3.05, 3.63) is 35.4 Å². The molecular formula is C14H21NO. The molecule has 2 heteroatoms. The van der Waals surface area contributed by atoms with Gasteiger partial charge in [0.15, 0.2) is 0 Å². The van der Waals surface area contributed by atoms with Gasteiger partial charge in [0.1, 0.15) is 0 Å². The second kappa shape index (κ2) is 5.46. The first-order valence-electron chi connectivity index (χ1n) is 6.16. The average molecular weight is 219 g/mol. The number of piperidine rings is 1. The number of rotatable bonds is 3. The number of hydrogen-bond acceptors (Lipinski definition) is 2. The van der Waals surface area contributed by atoms with Crippen LogP contribution in [-0.4, -0.2) is 29.7 Å². The number of benzene rings is 1. The van der Waals surface area contributed by atoms with E-state index in [9.17, 15) is 0 Å². The standard InChI is InChI=1S/C14H21NO/c1-12-3-2-4-14(9-12)10-15-7-5-13(11-16)6-8-15/h2-4,9,13,16H,5-8,10-11H2,1H3. The Balaban J connectivity index is 1.87. The maximum Gasteiger partial charge on any atom is 0.0460 e. The van der Waals surface area contributed by atoms with Crippen LogP contribution in [0.4, 0.5) is 0 Å².